The van der Waals surface area contributed by atoms with Gasteiger partial charge in [0.05, 0.1) is 0 Å². The van der Waals surface area contributed by atoms with Gasteiger partial charge in [-0.15, -0.1) is 0 Å². The molecule has 1 heterocycles. The molecule has 0 aliphatic heterocycles. The second-order valence-corrected chi connectivity index (χ2v) is 6.40. The maximum atomic E-state index is 6.05. The third-order valence-corrected chi connectivity index (χ3v) is 4.12. The van der Waals surface area contributed by atoms with E-state index in [-0.39, 0.29) is 0 Å². The van der Waals surface area contributed by atoms with Crippen molar-refractivity contribution in [2.45, 2.75) is 46.1 Å². The van der Waals surface area contributed by atoms with E-state index in [1.807, 2.05) is 0 Å². The monoisotopic (exact) mass is 349 g/mol. The topological polar surface area (TPSA) is 25.2 Å². The van der Waals surface area contributed by atoms with Crippen LogP contribution in [0.15, 0.2) is 39.2 Å². The molecule has 0 saturated heterocycles. The van der Waals surface area contributed by atoms with E-state index in [0.717, 1.165) is 41.8 Å². The predicted octanol–water partition coefficient (Wildman–Crippen LogP) is 5.20. The Hall–Kier alpha value is -1.06. The Bertz CT molecular complexity index is 576. The molecule has 1 N–H and O–H groups in total. The van der Waals surface area contributed by atoms with Gasteiger partial charge in [-0.3, -0.25) is 0 Å². The first-order valence-corrected chi connectivity index (χ1v) is 8.54. The Labute approximate surface area is 136 Å². The highest BCUT2D eigenvalue weighted by Crippen LogP contribution is 2.29. The first kappa shape index (κ1) is 16.3. The quantitative estimate of drug-likeness (QED) is 0.742. The van der Waals surface area contributed by atoms with Crippen LogP contribution in [0.5, 0.6) is 0 Å². The molecule has 2 nitrogen and oxygen atoms in total. The Kier molecular flexibility index (Phi) is 6.07. The average molecular weight is 350 g/mol. The van der Waals surface area contributed by atoms with Crippen LogP contribution in [-0.2, 0) is 12.8 Å². The molecular formula is C18H24BrNO. The van der Waals surface area contributed by atoms with Gasteiger partial charge in [-0.05, 0) is 62.2 Å². The summed E-state index contributed by atoms with van der Waals surface area (Å²) < 4.78 is 7.17. The van der Waals surface area contributed by atoms with Crippen molar-refractivity contribution in [1.82, 2.24) is 5.32 Å². The summed E-state index contributed by atoms with van der Waals surface area (Å²) in [5.41, 5.74) is 2.50. The summed E-state index contributed by atoms with van der Waals surface area (Å²) in [6.45, 7) is 7.62. The summed E-state index contributed by atoms with van der Waals surface area (Å²) in [6.07, 6.45) is 3.09. The predicted molar refractivity (Wildman–Crippen MR) is 92.7 cm³/mol. The Morgan fingerprint density at radius 3 is 2.71 bits per heavy atom. The van der Waals surface area contributed by atoms with Crippen LogP contribution in [-0.4, -0.2) is 12.6 Å². The van der Waals surface area contributed by atoms with Gasteiger partial charge < -0.3 is 9.73 Å². The molecule has 2 rings (SSSR count). The first-order valence-electron chi connectivity index (χ1n) is 7.75. The third-order valence-electron chi connectivity index (χ3n) is 3.63. The summed E-state index contributed by atoms with van der Waals surface area (Å²) >= 11 is 3.53. The number of nitrogens with one attached hydrogen (secondary N) is 1. The second kappa shape index (κ2) is 7.81. The van der Waals surface area contributed by atoms with Crippen molar-refractivity contribution >= 4 is 15.9 Å². The van der Waals surface area contributed by atoms with E-state index in [4.69, 9.17) is 4.42 Å². The Morgan fingerprint density at radius 1 is 1.19 bits per heavy atom. The van der Waals surface area contributed by atoms with Crippen LogP contribution < -0.4 is 5.32 Å². The third kappa shape index (κ3) is 4.45. The van der Waals surface area contributed by atoms with Crippen molar-refractivity contribution in [3.8, 4) is 11.3 Å². The molecule has 3 heteroatoms. The standard InChI is InChI=1S/C18H24BrNO/c1-4-10-20-13(3)11-16-7-9-18(21-16)17-8-6-15(19)12-14(17)5-2/h6-9,12-13,20H,4-5,10-11H2,1-3H3. The molecule has 0 aliphatic rings. The number of halogens is 1. The fraction of sp³-hybridized carbons (Fsp3) is 0.444. The highest BCUT2D eigenvalue weighted by Gasteiger charge is 2.11. The van der Waals surface area contributed by atoms with E-state index in [1.54, 1.807) is 0 Å². The summed E-state index contributed by atoms with van der Waals surface area (Å²) in [5.74, 6) is 2.02. The number of benzene rings is 1. The number of hydrogen-bond donors (Lipinski definition) is 1. The summed E-state index contributed by atoms with van der Waals surface area (Å²) in [4.78, 5) is 0. The van der Waals surface area contributed by atoms with Crippen molar-refractivity contribution < 1.29 is 4.42 Å². The van der Waals surface area contributed by atoms with Gasteiger partial charge in [-0.2, -0.15) is 0 Å². The van der Waals surface area contributed by atoms with Crippen molar-refractivity contribution in [3.63, 3.8) is 0 Å². The average Bonchev–Trinajstić information content (AvgIpc) is 2.93. The van der Waals surface area contributed by atoms with Crippen LogP contribution in [0, 0.1) is 0 Å². The molecule has 21 heavy (non-hydrogen) atoms. The van der Waals surface area contributed by atoms with Gasteiger partial charge in [0.1, 0.15) is 11.5 Å². The van der Waals surface area contributed by atoms with Gasteiger partial charge in [-0.25, -0.2) is 0 Å². The minimum absolute atomic E-state index is 0.444. The maximum Gasteiger partial charge on any atom is 0.134 e. The smallest absolute Gasteiger partial charge is 0.134 e. The zero-order valence-electron chi connectivity index (χ0n) is 13.1. The summed E-state index contributed by atoms with van der Waals surface area (Å²) in [7, 11) is 0. The zero-order chi connectivity index (χ0) is 15.2. The van der Waals surface area contributed by atoms with Gasteiger partial charge >= 0.3 is 0 Å². The van der Waals surface area contributed by atoms with E-state index in [1.165, 1.54) is 11.1 Å². The van der Waals surface area contributed by atoms with Crippen molar-refractivity contribution in [2.24, 2.45) is 0 Å². The fourth-order valence-corrected chi connectivity index (χ4v) is 2.90. The molecule has 2 aromatic rings. The van der Waals surface area contributed by atoms with Gasteiger partial charge in [0.2, 0.25) is 0 Å². The minimum Gasteiger partial charge on any atom is -0.461 e. The molecule has 114 valence electrons. The van der Waals surface area contributed by atoms with E-state index in [9.17, 15) is 0 Å². The lowest BCUT2D eigenvalue weighted by atomic mass is 10.0. The molecule has 1 aromatic carbocycles. The highest BCUT2D eigenvalue weighted by atomic mass is 79.9. The fourth-order valence-electron chi connectivity index (χ4n) is 2.49. The molecule has 0 saturated carbocycles. The molecule has 0 spiro atoms. The molecule has 0 aliphatic carbocycles. The van der Waals surface area contributed by atoms with E-state index in [2.05, 4.69) is 72.3 Å². The van der Waals surface area contributed by atoms with Crippen LogP contribution in [0.4, 0.5) is 0 Å². The maximum absolute atomic E-state index is 6.05. The lowest BCUT2D eigenvalue weighted by Gasteiger charge is -2.11. The van der Waals surface area contributed by atoms with E-state index < -0.39 is 0 Å². The van der Waals surface area contributed by atoms with Crippen LogP contribution in [0.3, 0.4) is 0 Å². The number of aryl methyl sites for hydroxylation is 1. The van der Waals surface area contributed by atoms with Crippen LogP contribution in [0.25, 0.3) is 11.3 Å². The normalized spacial score (nSPS) is 12.6. The highest BCUT2D eigenvalue weighted by molar-refractivity contribution is 9.10. The van der Waals surface area contributed by atoms with Crippen LogP contribution in [0.2, 0.25) is 0 Å². The molecular weight excluding hydrogens is 326 g/mol. The zero-order valence-corrected chi connectivity index (χ0v) is 14.7. The molecule has 0 fully saturated rings. The van der Waals surface area contributed by atoms with Crippen molar-refractivity contribution in [1.29, 1.82) is 0 Å². The molecule has 0 amide bonds. The molecule has 0 radical (unpaired) electrons. The second-order valence-electron chi connectivity index (χ2n) is 5.48. The Balaban J connectivity index is 2.12. The van der Waals surface area contributed by atoms with Crippen molar-refractivity contribution in [3.05, 3.63) is 46.1 Å². The van der Waals surface area contributed by atoms with Gasteiger partial charge in [-0.1, -0.05) is 29.8 Å². The number of hydrogen-bond acceptors (Lipinski definition) is 2. The van der Waals surface area contributed by atoms with Gasteiger partial charge in [0.15, 0.2) is 0 Å². The molecule has 1 atom stereocenters. The van der Waals surface area contributed by atoms with Crippen molar-refractivity contribution in [2.75, 3.05) is 6.54 Å². The van der Waals surface area contributed by atoms with Gasteiger partial charge in [0.25, 0.3) is 0 Å². The number of furan rings is 1. The first-order chi connectivity index (χ1) is 10.1. The Morgan fingerprint density at radius 2 is 2.00 bits per heavy atom. The largest absolute Gasteiger partial charge is 0.461 e. The van der Waals surface area contributed by atoms with E-state index in [0.29, 0.717) is 6.04 Å². The summed E-state index contributed by atoms with van der Waals surface area (Å²) in [6, 6.07) is 11.0. The lowest BCUT2D eigenvalue weighted by molar-refractivity contribution is 0.464. The lowest BCUT2D eigenvalue weighted by Crippen LogP contribution is -2.28. The SMILES string of the molecule is CCCNC(C)Cc1ccc(-c2ccc(Br)cc2CC)o1. The minimum atomic E-state index is 0.444. The molecule has 1 unspecified atom stereocenters. The number of rotatable bonds is 7. The van der Waals surface area contributed by atoms with Gasteiger partial charge in [0, 0.05) is 22.5 Å². The van der Waals surface area contributed by atoms with Crippen LogP contribution in [0.1, 0.15) is 38.5 Å². The molecule has 0 bridgehead atoms. The molecule has 1 aromatic heterocycles. The van der Waals surface area contributed by atoms with Crippen LogP contribution >= 0.6 is 15.9 Å². The summed E-state index contributed by atoms with van der Waals surface area (Å²) in [5, 5.41) is 3.49. The van der Waals surface area contributed by atoms with E-state index >= 15 is 0 Å².